The van der Waals surface area contributed by atoms with Crippen molar-refractivity contribution in [1.82, 2.24) is 14.2 Å². The first-order valence-corrected chi connectivity index (χ1v) is 5.93. The van der Waals surface area contributed by atoms with Gasteiger partial charge >= 0.3 is 5.97 Å². The molecule has 6 heteroatoms. The van der Waals surface area contributed by atoms with E-state index in [9.17, 15) is 9.59 Å². The SMILES string of the molecule is O=C(O)CCCCCn1ccn2nccc2c1=O. The van der Waals surface area contributed by atoms with Crippen LogP contribution in [0.25, 0.3) is 5.52 Å². The summed E-state index contributed by atoms with van der Waals surface area (Å²) in [5, 5.41) is 12.5. The zero-order valence-corrected chi connectivity index (χ0v) is 9.95. The standard InChI is InChI=1S/C12H15N3O3/c16-11(17)4-2-1-3-7-14-8-9-15-10(12(14)18)5-6-13-15/h5-6,8-9H,1-4,7H2,(H,16,17). The minimum absolute atomic E-state index is 0.0618. The van der Waals surface area contributed by atoms with Crippen molar-refractivity contribution in [2.45, 2.75) is 32.2 Å². The molecular formula is C12H15N3O3. The van der Waals surface area contributed by atoms with E-state index >= 15 is 0 Å². The maximum Gasteiger partial charge on any atom is 0.303 e. The molecule has 0 aromatic carbocycles. The van der Waals surface area contributed by atoms with Gasteiger partial charge in [0.15, 0.2) is 0 Å². The highest BCUT2D eigenvalue weighted by Gasteiger charge is 2.03. The summed E-state index contributed by atoms with van der Waals surface area (Å²) in [4.78, 5) is 22.3. The molecule has 0 unspecified atom stereocenters. The van der Waals surface area contributed by atoms with Crippen molar-refractivity contribution in [3.05, 3.63) is 35.0 Å². The van der Waals surface area contributed by atoms with Gasteiger partial charge in [-0.1, -0.05) is 6.42 Å². The molecule has 96 valence electrons. The largest absolute Gasteiger partial charge is 0.481 e. The fourth-order valence-electron chi connectivity index (χ4n) is 1.87. The molecule has 0 amide bonds. The quantitative estimate of drug-likeness (QED) is 0.779. The number of unbranched alkanes of at least 4 members (excludes halogenated alkanes) is 2. The van der Waals surface area contributed by atoms with Crippen LogP contribution in [0.15, 0.2) is 29.5 Å². The van der Waals surface area contributed by atoms with Gasteiger partial charge in [0.25, 0.3) is 5.56 Å². The average Bonchev–Trinajstić information content (AvgIpc) is 2.80. The topological polar surface area (TPSA) is 76.6 Å². The first-order valence-electron chi connectivity index (χ1n) is 5.93. The molecule has 2 heterocycles. The predicted octanol–water partition coefficient (Wildman–Crippen LogP) is 1.14. The summed E-state index contributed by atoms with van der Waals surface area (Å²) in [7, 11) is 0. The lowest BCUT2D eigenvalue weighted by molar-refractivity contribution is -0.137. The highest BCUT2D eigenvalue weighted by atomic mass is 16.4. The van der Waals surface area contributed by atoms with E-state index in [0.717, 1.165) is 12.8 Å². The van der Waals surface area contributed by atoms with Crippen molar-refractivity contribution in [2.75, 3.05) is 0 Å². The minimum atomic E-state index is -0.771. The van der Waals surface area contributed by atoms with Crippen LogP contribution in [-0.4, -0.2) is 25.3 Å². The average molecular weight is 249 g/mol. The lowest BCUT2D eigenvalue weighted by Crippen LogP contribution is -2.21. The molecule has 2 rings (SSSR count). The Bertz CT molecular complexity index is 600. The van der Waals surface area contributed by atoms with Crippen molar-refractivity contribution in [1.29, 1.82) is 0 Å². The third kappa shape index (κ3) is 2.77. The Morgan fingerprint density at radius 3 is 2.89 bits per heavy atom. The maximum atomic E-state index is 12.0. The second-order valence-electron chi connectivity index (χ2n) is 4.16. The number of fused-ring (bicyclic) bond motifs is 1. The second-order valence-corrected chi connectivity index (χ2v) is 4.16. The molecule has 1 N–H and O–H groups in total. The van der Waals surface area contributed by atoms with E-state index < -0.39 is 5.97 Å². The van der Waals surface area contributed by atoms with Crippen molar-refractivity contribution < 1.29 is 9.90 Å². The van der Waals surface area contributed by atoms with Gasteiger partial charge in [-0.05, 0) is 18.9 Å². The van der Waals surface area contributed by atoms with Crippen molar-refractivity contribution >= 4 is 11.5 Å². The van der Waals surface area contributed by atoms with Gasteiger partial charge in [0, 0.05) is 25.4 Å². The Morgan fingerprint density at radius 2 is 2.11 bits per heavy atom. The molecular weight excluding hydrogens is 234 g/mol. The Balaban J connectivity index is 1.93. The summed E-state index contributed by atoms with van der Waals surface area (Å²) in [6.45, 7) is 0.611. The van der Waals surface area contributed by atoms with E-state index in [0.29, 0.717) is 18.5 Å². The van der Waals surface area contributed by atoms with Gasteiger partial charge < -0.3 is 9.67 Å². The maximum absolute atomic E-state index is 12.0. The van der Waals surface area contributed by atoms with Crippen LogP contribution in [-0.2, 0) is 11.3 Å². The molecule has 0 aliphatic heterocycles. The molecule has 0 radical (unpaired) electrons. The summed E-state index contributed by atoms with van der Waals surface area (Å²) in [6.07, 6.45) is 7.50. The third-order valence-corrected chi connectivity index (χ3v) is 2.83. The third-order valence-electron chi connectivity index (χ3n) is 2.83. The van der Waals surface area contributed by atoms with Gasteiger partial charge in [0.2, 0.25) is 0 Å². The molecule has 0 saturated carbocycles. The molecule has 2 aromatic rings. The first kappa shape index (κ1) is 12.3. The number of hydrogen-bond acceptors (Lipinski definition) is 3. The summed E-state index contributed by atoms with van der Waals surface area (Å²) < 4.78 is 3.18. The number of carboxylic acid groups (broad SMARTS) is 1. The summed E-state index contributed by atoms with van der Waals surface area (Å²) in [5.74, 6) is -0.771. The molecule has 0 bridgehead atoms. The Kier molecular flexibility index (Phi) is 3.76. The highest BCUT2D eigenvalue weighted by Crippen LogP contribution is 2.02. The van der Waals surface area contributed by atoms with E-state index in [1.807, 2.05) is 0 Å². The Morgan fingerprint density at radius 1 is 1.28 bits per heavy atom. The van der Waals surface area contributed by atoms with Gasteiger partial charge in [-0.25, -0.2) is 4.52 Å². The van der Waals surface area contributed by atoms with Crippen LogP contribution in [0.4, 0.5) is 0 Å². The van der Waals surface area contributed by atoms with Crippen molar-refractivity contribution in [2.24, 2.45) is 0 Å². The number of hydrogen-bond donors (Lipinski definition) is 1. The minimum Gasteiger partial charge on any atom is -0.481 e. The fourth-order valence-corrected chi connectivity index (χ4v) is 1.87. The fraction of sp³-hybridized carbons (Fsp3) is 0.417. The number of aliphatic carboxylic acids is 1. The zero-order chi connectivity index (χ0) is 13.0. The molecule has 0 aliphatic rings. The predicted molar refractivity (Wildman–Crippen MR) is 65.6 cm³/mol. The Hall–Kier alpha value is -2.11. The molecule has 0 spiro atoms. The smallest absolute Gasteiger partial charge is 0.303 e. The second kappa shape index (κ2) is 5.48. The van der Waals surface area contributed by atoms with Gasteiger partial charge in [-0.2, -0.15) is 5.10 Å². The number of nitrogens with zero attached hydrogens (tertiary/aromatic N) is 3. The summed E-state index contributed by atoms with van der Waals surface area (Å²) in [5.41, 5.74) is 0.497. The van der Waals surface area contributed by atoms with Crippen molar-refractivity contribution in [3.8, 4) is 0 Å². The molecule has 6 nitrogen and oxygen atoms in total. The molecule has 0 aliphatic carbocycles. The van der Waals surface area contributed by atoms with Crippen LogP contribution >= 0.6 is 0 Å². The van der Waals surface area contributed by atoms with Gasteiger partial charge in [-0.15, -0.1) is 0 Å². The Labute approximate surface area is 103 Å². The van der Waals surface area contributed by atoms with E-state index in [-0.39, 0.29) is 12.0 Å². The van der Waals surface area contributed by atoms with Crippen LogP contribution in [0.3, 0.4) is 0 Å². The van der Waals surface area contributed by atoms with Crippen molar-refractivity contribution in [3.63, 3.8) is 0 Å². The number of aryl methyl sites for hydroxylation is 1. The van der Waals surface area contributed by atoms with Crippen LogP contribution in [0.2, 0.25) is 0 Å². The summed E-state index contributed by atoms with van der Waals surface area (Å²) in [6, 6.07) is 1.68. The monoisotopic (exact) mass is 249 g/mol. The van der Waals surface area contributed by atoms with Gasteiger partial charge in [0.1, 0.15) is 5.52 Å². The normalized spacial score (nSPS) is 10.9. The van der Waals surface area contributed by atoms with E-state index in [1.165, 1.54) is 0 Å². The van der Waals surface area contributed by atoms with Crippen LogP contribution < -0.4 is 5.56 Å². The zero-order valence-electron chi connectivity index (χ0n) is 9.95. The van der Waals surface area contributed by atoms with E-state index in [2.05, 4.69) is 5.10 Å². The number of rotatable bonds is 6. The first-order chi connectivity index (χ1) is 8.68. The van der Waals surface area contributed by atoms with E-state index in [4.69, 9.17) is 5.11 Å². The molecule has 0 fully saturated rings. The van der Waals surface area contributed by atoms with Crippen LogP contribution in [0, 0.1) is 0 Å². The van der Waals surface area contributed by atoms with Crippen LogP contribution in [0.5, 0.6) is 0 Å². The lowest BCUT2D eigenvalue weighted by atomic mass is 10.2. The van der Waals surface area contributed by atoms with Gasteiger partial charge in [-0.3, -0.25) is 9.59 Å². The highest BCUT2D eigenvalue weighted by molar-refractivity contribution is 5.66. The number of aromatic nitrogens is 3. The molecule has 0 saturated heterocycles. The van der Waals surface area contributed by atoms with Crippen LogP contribution in [0.1, 0.15) is 25.7 Å². The summed E-state index contributed by atoms with van der Waals surface area (Å²) >= 11 is 0. The molecule has 2 aromatic heterocycles. The number of carbonyl (C=O) groups is 1. The molecule has 0 atom stereocenters. The van der Waals surface area contributed by atoms with Gasteiger partial charge in [0.05, 0.1) is 6.20 Å². The molecule has 18 heavy (non-hydrogen) atoms. The lowest BCUT2D eigenvalue weighted by Gasteiger charge is -2.05. The van der Waals surface area contributed by atoms with E-state index in [1.54, 1.807) is 33.7 Å². The number of carboxylic acids is 1.